The van der Waals surface area contributed by atoms with Crippen LogP contribution in [0.4, 0.5) is 0 Å². The van der Waals surface area contributed by atoms with Crippen LogP contribution in [0.15, 0.2) is 18.2 Å². The molecule has 0 saturated carbocycles. The van der Waals surface area contributed by atoms with Gasteiger partial charge in [0, 0.05) is 22.3 Å². The Morgan fingerprint density at radius 3 is 2.59 bits per heavy atom. The van der Waals surface area contributed by atoms with Crippen molar-refractivity contribution in [2.24, 2.45) is 0 Å². The number of rotatable bonds is 6. The van der Waals surface area contributed by atoms with Crippen molar-refractivity contribution in [3.63, 3.8) is 0 Å². The molecular weight excluding hydrogens is 306 g/mol. The number of aromatic nitrogens is 1. The van der Waals surface area contributed by atoms with Crippen LogP contribution >= 0.6 is 11.6 Å². The van der Waals surface area contributed by atoms with Crippen molar-refractivity contribution in [1.82, 2.24) is 4.98 Å². The van der Waals surface area contributed by atoms with Crippen LogP contribution in [-0.2, 0) is 20.7 Å². The number of carbonyl (C=O) groups excluding carboxylic acids is 2. The lowest BCUT2D eigenvalue weighted by molar-refractivity contribution is -0.143. The van der Waals surface area contributed by atoms with Crippen molar-refractivity contribution in [3.8, 4) is 0 Å². The molecule has 0 bridgehead atoms. The first-order valence-corrected chi connectivity index (χ1v) is 7.57. The molecule has 0 aliphatic rings. The van der Waals surface area contributed by atoms with Crippen molar-refractivity contribution in [2.45, 2.75) is 26.7 Å². The molecular formula is C16H18ClNO4. The molecule has 6 heteroatoms. The summed E-state index contributed by atoms with van der Waals surface area (Å²) in [4.78, 5) is 26.7. The number of aromatic amines is 1. The molecule has 0 spiro atoms. The van der Waals surface area contributed by atoms with E-state index in [0.29, 0.717) is 23.7 Å². The summed E-state index contributed by atoms with van der Waals surface area (Å²) in [7, 11) is 0. The van der Waals surface area contributed by atoms with E-state index in [4.69, 9.17) is 21.1 Å². The number of ether oxygens (including phenoxy) is 2. The van der Waals surface area contributed by atoms with E-state index >= 15 is 0 Å². The topological polar surface area (TPSA) is 68.4 Å². The lowest BCUT2D eigenvalue weighted by Gasteiger charge is -2.05. The molecule has 2 aromatic rings. The van der Waals surface area contributed by atoms with Gasteiger partial charge in [0.2, 0.25) is 0 Å². The molecule has 0 radical (unpaired) electrons. The zero-order chi connectivity index (χ0) is 16.1. The second-order valence-electron chi connectivity index (χ2n) is 4.69. The Morgan fingerprint density at radius 1 is 1.18 bits per heavy atom. The van der Waals surface area contributed by atoms with E-state index in [2.05, 4.69) is 4.98 Å². The van der Waals surface area contributed by atoms with Gasteiger partial charge >= 0.3 is 11.9 Å². The Labute approximate surface area is 133 Å². The average molecular weight is 324 g/mol. The predicted octanol–water partition coefficient (Wildman–Crippen LogP) is 3.49. The van der Waals surface area contributed by atoms with Gasteiger partial charge in [0.1, 0.15) is 5.69 Å². The van der Waals surface area contributed by atoms with Gasteiger partial charge in [-0.2, -0.15) is 0 Å². The zero-order valence-corrected chi connectivity index (χ0v) is 13.3. The van der Waals surface area contributed by atoms with Crippen LogP contribution in [0.3, 0.4) is 0 Å². The first-order valence-electron chi connectivity index (χ1n) is 7.19. The Kier molecular flexibility index (Phi) is 5.44. The third-order valence-corrected chi connectivity index (χ3v) is 3.47. The van der Waals surface area contributed by atoms with Gasteiger partial charge in [-0.1, -0.05) is 11.6 Å². The summed E-state index contributed by atoms with van der Waals surface area (Å²) in [6.07, 6.45) is 0.576. The lowest BCUT2D eigenvalue weighted by atomic mass is 10.1. The third kappa shape index (κ3) is 3.60. The summed E-state index contributed by atoms with van der Waals surface area (Å²) in [5, 5.41) is 1.39. The van der Waals surface area contributed by atoms with Gasteiger partial charge in [0.25, 0.3) is 0 Å². The van der Waals surface area contributed by atoms with E-state index < -0.39 is 5.97 Å². The Morgan fingerprint density at radius 2 is 1.91 bits per heavy atom. The standard InChI is InChI=1S/C16H18ClNO4/c1-3-21-14(19)8-6-11-12-9-10(17)5-7-13(12)18-15(11)16(20)22-4-2/h5,7,9,18H,3-4,6,8H2,1-2H3. The van der Waals surface area contributed by atoms with Gasteiger partial charge in [-0.3, -0.25) is 4.79 Å². The molecule has 0 atom stereocenters. The third-order valence-electron chi connectivity index (χ3n) is 3.23. The molecule has 0 aliphatic carbocycles. The highest BCUT2D eigenvalue weighted by Crippen LogP contribution is 2.27. The molecule has 1 aromatic heterocycles. The molecule has 5 nitrogen and oxygen atoms in total. The molecule has 1 heterocycles. The number of H-pyrrole nitrogens is 1. The van der Waals surface area contributed by atoms with Crippen LogP contribution in [0.2, 0.25) is 5.02 Å². The molecule has 0 fully saturated rings. The number of carbonyl (C=O) groups is 2. The number of benzene rings is 1. The van der Waals surface area contributed by atoms with Crippen molar-refractivity contribution in [1.29, 1.82) is 0 Å². The molecule has 118 valence electrons. The molecule has 0 unspecified atom stereocenters. The molecule has 2 rings (SSSR count). The maximum Gasteiger partial charge on any atom is 0.355 e. The van der Waals surface area contributed by atoms with Crippen LogP contribution in [0.5, 0.6) is 0 Å². The van der Waals surface area contributed by atoms with Gasteiger partial charge in [0.15, 0.2) is 0 Å². The SMILES string of the molecule is CCOC(=O)CCc1c(C(=O)OCC)[nH]c2ccc(Cl)cc12. The largest absolute Gasteiger partial charge is 0.466 e. The minimum Gasteiger partial charge on any atom is -0.466 e. The zero-order valence-electron chi connectivity index (χ0n) is 12.6. The molecule has 0 aliphatic heterocycles. The van der Waals surface area contributed by atoms with Crippen LogP contribution < -0.4 is 0 Å². The second kappa shape index (κ2) is 7.31. The highest BCUT2D eigenvalue weighted by atomic mass is 35.5. The first kappa shape index (κ1) is 16.4. The molecule has 0 saturated heterocycles. The summed E-state index contributed by atoms with van der Waals surface area (Å²) in [5.41, 5.74) is 1.87. The summed E-state index contributed by atoms with van der Waals surface area (Å²) in [6.45, 7) is 4.12. The smallest absolute Gasteiger partial charge is 0.355 e. The molecule has 1 aromatic carbocycles. The van der Waals surface area contributed by atoms with E-state index in [0.717, 1.165) is 16.5 Å². The van der Waals surface area contributed by atoms with Crippen LogP contribution in [-0.4, -0.2) is 30.1 Å². The number of esters is 2. The van der Waals surface area contributed by atoms with Gasteiger partial charge in [-0.25, -0.2) is 4.79 Å². The fraction of sp³-hybridized carbons (Fsp3) is 0.375. The average Bonchev–Trinajstić information content (AvgIpc) is 2.83. The highest BCUT2D eigenvalue weighted by molar-refractivity contribution is 6.31. The van der Waals surface area contributed by atoms with Crippen molar-refractivity contribution < 1.29 is 19.1 Å². The van der Waals surface area contributed by atoms with E-state index in [1.807, 2.05) is 0 Å². The maximum atomic E-state index is 12.1. The summed E-state index contributed by atoms with van der Waals surface area (Å²) < 4.78 is 10.00. The molecule has 22 heavy (non-hydrogen) atoms. The van der Waals surface area contributed by atoms with Gasteiger partial charge in [0.05, 0.1) is 13.2 Å². The van der Waals surface area contributed by atoms with E-state index in [-0.39, 0.29) is 19.0 Å². The van der Waals surface area contributed by atoms with Gasteiger partial charge < -0.3 is 14.5 Å². The fourth-order valence-electron chi connectivity index (χ4n) is 2.32. The Balaban J connectivity index is 2.38. The normalized spacial score (nSPS) is 10.7. The van der Waals surface area contributed by atoms with E-state index in [1.54, 1.807) is 32.0 Å². The summed E-state index contributed by atoms with van der Waals surface area (Å²) in [6, 6.07) is 5.31. The number of fused-ring (bicyclic) bond motifs is 1. The van der Waals surface area contributed by atoms with E-state index in [9.17, 15) is 9.59 Å². The number of hydrogen-bond acceptors (Lipinski definition) is 4. The summed E-state index contributed by atoms with van der Waals surface area (Å²) >= 11 is 6.03. The van der Waals surface area contributed by atoms with Crippen molar-refractivity contribution >= 4 is 34.4 Å². The maximum absolute atomic E-state index is 12.1. The second-order valence-corrected chi connectivity index (χ2v) is 5.13. The number of halogens is 1. The number of aryl methyl sites for hydroxylation is 1. The highest BCUT2D eigenvalue weighted by Gasteiger charge is 2.20. The first-order chi connectivity index (χ1) is 10.6. The van der Waals surface area contributed by atoms with Crippen molar-refractivity contribution in [3.05, 3.63) is 34.5 Å². The number of nitrogens with one attached hydrogen (secondary N) is 1. The van der Waals surface area contributed by atoms with Crippen LogP contribution in [0.25, 0.3) is 10.9 Å². The fourth-order valence-corrected chi connectivity index (χ4v) is 2.49. The van der Waals surface area contributed by atoms with Crippen molar-refractivity contribution in [2.75, 3.05) is 13.2 Å². The summed E-state index contributed by atoms with van der Waals surface area (Å²) in [5.74, 6) is -0.734. The minimum absolute atomic E-state index is 0.194. The molecule has 1 N–H and O–H groups in total. The van der Waals surface area contributed by atoms with Gasteiger partial charge in [-0.15, -0.1) is 0 Å². The Bertz CT molecular complexity index is 693. The quantitative estimate of drug-likeness (QED) is 0.826. The van der Waals surface area contributed by atoms with Crippen LogP contribution in [0, 0.1) is 0 Å². The predicted molar refractivity (Wildman–Crippen MR) is 84.2 cm³/mol. The number of hydrogen-bond donors (Lipinski definition) is 1. The van der Waals surface area contributed by atoms with Gasteiger partial charge in [-0.05, 0) is 44.0 Å². The monoisotopic (exact) mass is 323 g/mol. The minimum atomic E-state index is -0.436. The lowest BCUT2D eigenvalue weighted by Crippen LogP contribution is -2.10. The molecule has 0 amide bonds. The van der Waals surface area contributed by atoms with E-state index in [1.165, 1.54) is 0 Å². The van der Waals surface area contributed by atoms with Crippen LogP contribution in [0.1, 0.15) is 36.3 Å². The Hall–Kier alpha value is -2.01.